The minimum absolute atomic E-state index is 0.0121. The zero-order valence-corrected chi connectivity index (χ0v) is 28.1. The highest BCUT2D eigenvalue weighted by Gasteiger charge is 2.46. The Morgan fingerprint density at radius 2 is 1.65 bits per heavy atom. The van der Waals surface area contributed by atoms with Gasteiger partial charge in [-0.2, -0.15) is 8.78 Å². The zero-order chi connectivity index (χ0) is 35.0. The van der Waals surface area contributed by atoms with Gasteiger partial charge in [-0.15, -0.1) is 0 Å². The number of rotatable bonds is 17. The minimum Gasteiger partial charge on any atom is -0.455 e. The van der Waals surface area contributed by atoms with Crippen LogP contribution in [0.2, 0.25) is 0 Å². The summed E-state index contributed by atoms with van der Waals surface area (Å²) in [5, 5.41) is 8.04. The lowest BCUT2D eigenvalue weighted by molar-refractivity contribution is -0.184. The Morgan fingerprint density at radius 3 is 2.25 bits per heavy atom. The Morgan fingerprint density at radius 1 is 0.958 bits per heavy atom. The molecule has 48 heavy (non-hydrogen) atoms. The second-order valence-corrected chi connectivity index (χ2v) is 13.8. The number of ketones is 1. The number of esters is 1. The number of carbonyl (C=O) groups is 5. The number of benzene rings is 2. The molecule has 0 aromatic heterocycles. The normalized spacial score (nSPS) is 18.2. The van der Waals surface area contributed by atoms with Gasteiger partial charge in [0, 0.05) is 36.4 Å². The first-order chi connectivity index (χ1) is 22.8. The van der Waals surface area contributed by atoms with E-state index < -0.39 is 59.4 Å². The van der Waals surface area contributed by atoms with Crippen LogP contribution >= 0.6 is 0 Å². The van der Waals surface area contributed by atoms with Crippen LogP contribution in [0.15, 0.2) is 54.6 Å². The highest BCUT2D eigenvalue weighted by atomic mass is 19.3. The molecule has 11 heteroatoms. The monoisotopic (exact) mass is 667 g/mol. The Bertz CT molecular complexity index is 1460. The van der Waals surface area contributed by atoms with E-state index in [0.29, 0.717) is 24.9 Å². The van der Waals surface area contributed by atoms with Crippen molar-refractivity contribution in [1.82, 2.24) is 16.0 Å². The third-order valence-corrected chi connectivity index (χ3v) is 8.85. The lowest BCUT2D eigenvalue weighted by atomic mass is 9.90. The number of amides is 3. The molecule has 1 aliphatic carbocycles. The van der Waals surface area contributed by atoms with Crippen molar-refractivity contribution in [2.45, 2.75) is 96.8 Å². The molecule has 2 aromatic carbocycles. The van der Waals surface area contributed by atoms with Gasteiger partial charge in [-0.25, -0.2) is 0 Å². The van der Waals surface area contributed by atoms with E-state index >= 15 is 8.78 Å². The van der Waals surface area contributed by atoms with E-state index in [0.717, 1.165) is 18.4 Å². The highest BCUT2D eigenvalue weighted by molar-refractivity contribution is 6.38. The first-order valence-electron chi connectivity index (χ1n) is 16.9. The van der Waals surface area contributed by atoms with Gasteiger partial charge in [0.05, 0.1) is 6.04 Å². The first-order valence-corrected chi connectivity index (χ1v) is 16.9. The van der Waals surface area contributed by atoms with Crippen LogP contribution in [0.3, 0.4) is 0 Å². The number of hydrogen-bond acceptors (Lipinski definition) is 6. The Labute approximate surface area is 281 Å². The molecule has 2 fully saturated rings. The van der Waals surface area contributed by atoms with E-state index in [1.165, 1.54) is 12.1 Å². The van der Waals surface area contributed by atoms with Gasteiger partial charge in [-0.1, -0.05) is 76.2 Å². The molecule has 0 spiro atoms. The third kappa shape index (κ3) is 9.93. The number of alkyl halides is 2. The lowest BCUT2D eigenvalue weighted by Crippen LogP contribution is -2.50. The van der Waals surface area contributed by atoms with Gasteiger partial charge in [0.15, 0.2) is 6.10 Å². The lowest BCUT2D eigenvalue weighted by Gasteiger charge is -2.30. The molecule has 4 rings (SSSR count). The number of nitrogens with one attached hydrogen (secondary N) is 3. The van der Waals surface area contributed by atoms with E-state index in [-0.39, 0.29) is 42.7 Å². The molecular weight excluding hydrogens is 620 g/mol. The van der Waals surface area contributed by atoms with Gasteiger partial charge in [-0.05, 0) is 67.6 Å². The second kappa shape index (κ2) is 16.3. The molecule has 1 unspecified atom stereocenters. The van der Waals surface area contributed by atoms with Crippen molar-refractivity contribution >= 4 is 29.5 Å². The fourth-order valence-corrected chi connectivity index (χ4v) is 6.07. The Balaban J connectivity index is 1.43. The molecule has 3 N–H and O–H groups in total. The van der Waals surface area contributed by atoms with Crippen molar-refractivity contribution in [3.63, 3.8) is 0 Å². The van der Waals surface area contributed by atoms with Crippen LogP contribution in [-0.4, -0.2) is 54.2 Å². The van der Waals surface area contributed by atoms with E-state index in [1.807, 2.05) is 44.2 Å². The number of Topliss-reactive ketones (excluding diaryl/α,β-unsaturated/α-hetero) is 1. The summed E-state index contributed by atoms with van der Waals surface area (Å²) >= 11 is 0. The maximum Gasteiger partial charge on any atom is 0.309 e. The molecular formula is C37H47F2N3O6. The van der Waals surface area contributed by atoms with Crippen LogP contribution < -0.4 is 16.0 Å². The molecule has 260 valence electrons. The van der Waals surface area contributed by atoms with Crippen LogP contribution in [-0.2, 0) is 34.6 Å². The first kappa shape index (κ1) is 36.7. The van der Waals surface area contributed by atoms with E-state index in [1.54, 1.807) is 26.0 Å². The van der Waals surface area contributed by atoms with Gasteiger partial charge in [0.25, 0.3) is 5.91 Å². The summed E-state index contributed by atoms with van der Waals surface area (Å²) in [5.41, 5.74) is 1.12. The molecule has 0 bridgehead atoms. The molecule has 1 saturated carbocycles. The largest absolute Gasteiger partial charge is 0.455 e. The fourth-order valence-electron chi connectivity index (χ4n) is 6.07. The summed E-state index contributed by atoms with van der Waals surface area (Å²) < 4.78 is 37.3. The summed E-state index contributed by atoms with van der Waals surface area (Å²) in [4.78, 5) is 64.7. The predicted molar refractivity (Wildman–Crippen MR) is 177 cm³/mol. The van der Waals surface area contributed by atoms with Crippen LogP contribution in [0.5, 0.6) is 0 Å². The molecule has 0 radical (unpaired) electrons. The van der Waals surface area contributed by atoms with Crippen molar-refractivity contribution in [3.8, 4) is 11.1 Å². The number of halogens is 2. The Kier molecular flexibility index (Phi) is 12.5. The van der Waals surface area contributed by atoms with Crippen LogP contribution in [0.4, 0.5) is 8.78 Å². The summed E-state index contributed by atoms with van der Waals surface area (Å²) in [6.45, 7) is 7.35. The summed E-state index contributed by atoms with van der Waals surface area (Å²) in [6, 6.07) is 13.9. The van der Waals surface area contributed by atoms with Crippen LogP contribution in [0, 0.1) is 23.7 Å². The Hall–Kier alpha value is -4.15. The van der Waals surface area contributed by atoms with E-state index in [2.05, 4.69) is 16.0 Å². The van der Waals surface area contributed by atoms with Crippen molar-refractivity contribution in [2.75, 3.05) is 6.54 Å². The zero-order valence-electron chi connectivity index (χ0n) is 28.1. The second-order valence-electron chi connectivity index (χ2n) is 13.8. The average Bonchev–Trinajstić information content (AvgIpc) is 3.78. The van der Waals surface area contributed by atoms with Crippen molar-refractivity contribution in [3.05, 3.63) is 60.2 Å². The minimum atomic E-state index is -3.50. The van der Waals surface area contributed by atoms with Gasteiger partial charge < -0.3 is 20.7 Å². The molecule has 4 atom stereocenters. The average molecular weight is 668 g/mol. The summed E-state index contributed by atoms with van der Waals surface area (Å²) in [5.74, 6) is -8.78. The van der Waals surface area contributed by atoms with Gasteiger partial charge in [0.2, 0.25) is 17.6 Å². The third-order valence-electron chi connectivity index (χ3n) is 8.85. The molecule has 2 aromatic rings. The maximum absolute atomic E-state index is 16.0. The number of carbonyl (C=O) groups excluding carboxylic acids is 5. The molecule has 9 nitrogen and oxygen atoms in total. The van der Waals surface area contributed by atoms with Crippen LogP contribution in [0.25, 0.3) is 11.1 Å². The molecule has 1 saturated heterocycles. The van der Waals surface area contributed by atoms with Crippen molar-refractivity contribution in [1.29, 1.82) is 0 Å². The quantitative estimate of drug-likeness (QED) is 0.155. The predicted octanol–water partition coefficient (Wildman–Crippen LogP) is 5.31. The SMILES string of the molecule is CC(C)C[C@H](CCC(=O)OC(C(C)C)C(F)(F)c1cccc(-c2ccccc2)c1)C(=O)N[C@@H](C[C@@H]1CCNC1=O)C(=O)C(=O)NC1CC1. The summed E-state index contributed by atoms with van der Waals surface area (Å²) in [6.07, 6.45) is 0.270. The summed E-state index contributed by atoms with van der Waals surface area (Å²) in [7, 11) is 0. The smallest absolute Gasteiger partial charge is 0.309 e. The van der Waals surface area contributed by atoms with E-state index in [4.69, 9.17) is 4.74 Å². The van der Waals surface area contributed by atoms with Crippen LogP contribution in [0.1, 0.15) is 78.2 Å². The molecule has 3 amide bonds. The van der Waals surface area contributed by atoms with E-state index in [9.17, 15) is 24.0 Å². The van der Waals surface area contributed by atoms with Gasteiger partial charge in [0.1, 0.15) is 0 Å². The van der Waals surface area contributed by atoms with Gasteiger partial charge in [-0.3, -0.25) is 24.0 Å². The maximum atomic E-state index is 16.0. The number of ether oxygens (including phenoxy) is 1. The van der Waals surface area contributed by atoms with Crippen molar-refractivity contribution in [2.24, 2.45) is 23.7 Å². The van der Waals surface area contributed by atoms with Gasteiger partial charge >= 0.3 is 11.9 Å². The fraction of sp³-hybridized carbons (Fsp3) is 0.541. The molecule has 2 aliphatic rings. The number of hydrogen-bond donors (Lipinski definition) is 3. The standard InChI is InChI=1S/C37H47F2N3O6/c1-22(2)19-26(35(46)42-30(21-27-17-18-40-34(27)45)32(44)36(47)41-29-14-15-29)13-16-31(43)48-33(23(3)4)37(38,39)28-12-8-11-25(20-28)24-9-6-5-7-10-24/h5-12,20,22-23,26-27,29-30,33H,13-19,21H2,1-4H3,(H,40,45)(H,41,47)(H,42,46)/t26-,27-,30-,33?/m0/s1. The highest BCUT2D eigenvalue weighted by Crippen LogP contribution is 2.39. The van der Waals surface area contributed by atoms with Crippen molar-refractivity contribution < 1.29 is 37.5 Å². The molecule has 1 heterocycles. The topological polar surface area (TPSA) is 131 Å². The molecule has 1 aliphatic heterocycles.